The van der Waals surface area contributed by atoms with Crippen LogP contribution in [0, 0.1) is 10.1 Å². The molecule has 1 aliphatic rings. The Morgan fingerprint density at radius 3 is 2.57 bits per heavy atom. The molecule has 3 rings (SSSR count). The Kier molecular flexibility index (Phi) is 3.53. The number of rotatable bonds is 3. The van der Waals surface area contributed by atoms with Crippen LogP contribution in [0.5, 0.6) is 0 Å². The highest BCUT2D eigenvalue weighted by molar-refractivity contribution is 6.13. The van der Waals surface area contributed by atoms with Crippen LogP contribution in [0.4, 0.5) is 11.4 Å². The molecule has 0 saturated heterocycles. The highest BCUT2D eigenvalue weighted by atomic mass is 16.6. The van der Waals surface area contributed by atoms with Gasteiger partial charge in [0.15, 0.2) is 0 Å². The van der Waals surface area contributed by atoms with E-state index >= 15 is 0 Å². The number of carboxylic acids is 1. The molecule has 7 heteroatoms. The summed E-state index contributed by atoms with van der Waals surface area (Å²) in [5.41, 5.74) is 0.961. The van der Waals surface area contributed by atoms with Crippen molar-refractivity contribution in [3.63, 3.8) is 0 Å². The standard InChI is InChI=1S/C16H12N2O5/c19-15(17-8-7-10-3-1-2-4-14(10)17)13-9-11(18(22)23)5-6-12(13)16(20)21/h1-6,9H,7-8H2,(H,20,21). The minimum absolute atomic E-state index is 0.177. The van der Waals surface area contributed by atoms with Crippen LogP contribution in [0.2, 0.25) is 0 Å². The first-order valence-electron chi connectivity index (χ1n) is 6.90. The molecule has 7 nitrogen and oxygen atoms in total. The first-order chi connectivity index (χ1) is 11.0. The number of carboxylic acid groups (broad SMARTS) is 1. The Labute approximate surface area is 130 Å². The molecule has 0 atom stereocenters. The molecular formula is C16H12N2O5. The summed E-state index contributed by atoms with van der Waals surface area (Å²) in [6.45, 7) is 0.417. The van der Waals surface area contributed by atoms with Gasteiger partial charge in [0.05, 0.1) is 16.1 Å². The number of anilines is 1. The zero-order valence-electron chi connectivity index (χ0n) is 11.9. The third-order valence-electron chi connectivity index (χ3n) is 3.81. The second-order valence-corrected chi connectivity index (χ2v) is 5.13. The molecule has 0 radical (unpaired) electrons. The normalized spacial score (nSPS) is 12.8. The van der Waals surface area contributed by atoms with E-state index in [0.29, 0.717) is 18.7 Å². The summed E-state index contributed by atoms with van der Waals surface area (Å²) in [6.07, 6.45) is 0.666. The zero-order chi connectivity index (χ0) is 16.6. The fourth-order valence-electron chi connectivity index (χ4n) is 2.70. The minimum atomic E-state index is -1.30. The Balaban J connectivity index is 2.07. The second kappa shape index (κ2) is 5.53. The number of carbonyl (C=O) groups is 2. The average Bonchev–Trinajstić information content (AvgIpc) is 2.97. The highest BCUT2D eigenvalue weighted by Gasteiger charge is 2.29. The van der Waals surface area contributed by atoms with E-state index in [-0.39, 0.29) is 16.8 Å². The Bertz CT molecular complexity index is 831. The molecule has 0 fully saturated rings. The van der Waals surface area contributed by atoms with Crippen molar-refractivity contribution in [1.29, 1.82) is 0 Å². The summed E-state index contributed by atoms with van der Waals surface area (Å²) in [4.78, 5) is 35.8. The number of fused-ring (bicyclic) bond motifs is 1. The van der Waals surface area contributed by atoms with Gasteiger partial charge in [0, 0.05) is 24.4 Å². The lowest BCUT2D eigenvalue weighted by atomic mass is 10.0. The number of carbonyl (C=O) groups excluding carboxylic acids is 1. The summed E-state index contributed by atoms with van der Waals surface area (Å²) >= 11 is 0. The smallest absolute Gasteiger partial charge is 0.336 e. The van der Waals surface area contributed by atoms with E-state index in [1.165, 1.54) is 4.90 Å². The van der Waals surface area contributed by atoms with E-state index in [0.717, 1.165) is 23.8 Å². The second-order valence-electron chi connectivity index (χ2n) is 5.13. The van der Waals surface area contributed by atoms with Crippen LogP contribution in [0.15, 0.2) is 42.5 Å². The maximum absolute atomic E-state index is 12.7. The number of para-hydroxylation sites is 1. The maximum Gasteiger partial charge on any atom is 0.336 e. The Morgan fingerprint density at radius 1 is 1.13 bits per heavy atom. The molecule has 1 heterocycles. The third-order valence-corrected chi connectivity index (χ3v) is 3.81. The monoisotopic (exact) mass is 312 g/mol. The molecule has 1 N–H and O–H groups in total. The van der Waals surface area contributed by atoms with Gasteiger partial charge in [0.25, 0.3) is 11.6 Å². The van der Waals surface area contributed by atoms with Gasteiger partial charge in [-0.05, 0) is 24.1 Å². The van der Waals surface area contributed by atoms with Crippen molar-refractivity contribution in [2.24, 2.45) is 0 Å². The molecule has 0 bridgehead atoms. The molecule has 0 saturated carbocycles. The van der Waals surface area contributed by atoms with Crippen molar-refractivity contribution in [1.82, 2.24) is 0 Å². The summed E-state index contributed by atoms with van der Waals surface area (Å²) in [5, 5.41) is 20.2. The first kappa shape index (κ1) is 14.7. The number of benzene rings is 2. The SMILES string of the molecule is O=C(O)c1ccc([N+](=O)[O-])cc1C(=O)N1CCc2ccccc21. The number of amides is 1. The van der Waals surface area contributed by atoms with Crippen molar-refractivity contribution in [3.8, 4) is 0 Å². The molecule has 0 aromatic heterocycles. The van der Waals surface area contributed by atoms with E-state index in [1.807, 2.05) is 12.1 Å². The minimum Gasteiger partial charge on any atom is -0.478 e. The summed E-state index contributed by atoms with van der Waals surface area (Å²) in [6, 6.07) is 10.5. The topological polar surface area (TPSA) is 101 Å². The zero-order valence-corrected chi connectivity index (χ0v) is 11.9. The molecule has 0 aliphatic carbocycles. The van der Waals surface area contributed by atoms with Gasteiger partial charge in [-0.25, -0.2) is 4.79 Å². The van der Waals surface area contributed by atoms with Gasteiger partial charge in [0.2, 0.25) is 0 Å². The summed E-state index contributed by atoms with van der Waals surface area (Å²) in [5.74, 6) is -1.84. The number of nitro groups is 1. The molecule has 116 valence electrons. The van der Waals surface area contributed by atoms with Gasteiger partial charge in [-0.1, -0.05) is 18.2 Å². The fourth-order valence-corrected chi connectivity index (χ4v) is 2.70. The molecule has 1 amide bonds. The Morgan fingerprint density at radius 2 is 1.87 bits per heavy atom. The van der Waals surface area contributed by atoms with Crippen LogP contribution >= 0.6 is 0 Å². The van der Waals surface area contributed by atoms with Crippen LogP contribution in [0.25, 0.3) is 0 Å². The molecule has 23 heavy (non-hydrogen) atoms. The maximum atomic E-state index is 12.7. The van der Waals surface area contributed by atoms with Crippen molar-refractivity contribution in [2.75, 3.05) is 11.4 Å². The van der Waals surface area contributed by atoms with Crippen LogP contribution in [0.3, 0.4) is 0 Å². The van der Waals surface area contributed by atoms with Gasteiger partial charge >= 0.3 is 5.97 Å². The number of nitro benzene ring substituents is 1. The molecular weight excluding hydrogens is 300 g/mol. The predicted molar refractivity (Wildman–Crippen MR) is 81.9 cm³/mol. The fraction of sp³-hybridized carbons (Fsp3) is 0.125. The summed E-state index contributed by atoms with van der Waals surface area (Å²) in [7, 11) is 0. The van der Waals surface area contributed by atoms with E-state index in [4.69, 9.17) is 0 Å². The molecule has 0 unspecified atom stereocenters. The Hall–Kier alpha value is -3.22. The lowest BCUT2D eigenvalue weighted by Gasteiger charge is -2.18. The number of non-ortho nitro benzene ring substituents is 1. The number of hydrogen-bond acceptors (Lipinski definition) is 4. The van der Waals surface area contributed by atoms with Gasteiger partial charge in [0.1, 0.15) is 0 Å². The van der Waals surface area contributed by atoms with Gasteiger partial charge in [-0.2, -0.15) is 0 Å². The third kappa shape index (κ3) is 2.52. The van der Waals surface area contributed by atoms with Crippen LogP contribution < -0.4 is 4.90 Å². The van der Waals surface area contributed by atoms with Gasteiger partial charge in [-0.3, -0.25) is 14.9 Å². The average molecular weight is 312 g/mol. The van der Waals surface area contributed by atoms with E-state index in [1.54, 1.807) is 12.1 Å². The molecule has 0 spiro atoms. The van der Waals surface area contributed by atoms with Crippen molar-refractivity contribution >= 4 is 23.3 Å². The van der Waals surface area contributed by atoms with E-state index in [2.05, 4.69) is 0 Å². The van der Waals surface area contributed by atoms with Crippen LogP contribution in [0.1, 0.15) is 26.3 Å². The molecule has 1 aliphatic heterocycles. The van der Waals surface area contributed by atoms with Crippen LogP contribution in [-0.2, 0) is 6.42 Å². The van der Waals surface area contributed by atoms with Crippen molar-refractivity contribution in [2.45, 2.75) is 6.42 Å². The lowest BCUT2D eigenvalue weighted by molar-refractivity contribution is -0.384. The largest absolute Gasteiger partial charge is 0.478 e. The quantitative estimate of drug-likeness (QED) is 0.693. The van der Waals surface area contributed by atoms with Gasteiger partial charge < -0.3 is 10.0 Å². The summed E-state index contributed by atoms with van der Waals surface area (Å²) < 4.78 is 0. The molecule has 2 aromatic rings. The van der Waals surface area contributed by atoms with Crippen molar-refractivity contribution < 1.29 is 19.6 Å². The van der Waals surface area contributed by atoms with Crippen LogP contribution in [-0.4, -0.2) is 28.5 Å². The van der Waals surface area contributed by atoms with Gasteiger partial charge in [-0.15, -0.1) is 0 Å². The molecule has 2 aromatic carbocycles. The number of aromatic carboxylic acids is 1. The lowest BCUT2D eigenvalue weighted by Crippen LogP contribution is -2.30. The van der Waals surface area contributed by atoms with E-state index in [9.17, 15) is 24.8 Å². The number of hydrogen-bond donors (Lipinski definition) is 1. The highest BCUT2D eigenvalue weighted by Crippen LogP contribution is 2.30. The van der Waals surface area contributed by atoms with Crippen molar-refractivity contribution in [3.05, 3.63) is 69.3 Å². The van der Waals surface area contributed by atoms with E-state index < -0.39 is 16.8 Å². The predicted octanol–water partition coefficient (Wildman–Crippen LogP) is 2.50. The number of nitrogens with zero attached hydrogens (tertiary/aromatic N) is 2. The first-order valence-corrected chi connectivity index (χ1v) is 6.90.